The van der Waals surface area contributed by atoms with Gasteiger partial charge < -0.3 is 10.0 Å². The van der Waals surface area contributed by atoms with E-state index in [-0.39, 0.29) is 18.3 Å². The van der Waals surface area contributed by atoms with Crippen LogP contribution in [0.5, 0.6) is 0 Å². The SMILES string of the molecule is Cc1ccsc1C(=CCCN1CCC(C(=O)O)CC1)c1sccc1C.Cl. The summed E-state index contributed by atoms with van der Waals surface area (Å²) in [7, 11) is 0. The second kappa shape index (κ2) is 9.70. The van der Waals surface area contributed by atoms with Crippen molar-refractivity contribution in [2.45, 2.75) is 33.1 Å². The van der Waals surface area contributed by atoms with E-state index in [1.165, 1.54) is 26.5 Å². The number of rotatable bonds is 6. The van der Waals surface area contributed by atoms with Gasteiger partial charge in [-0.1, -0.05) is 6.08 Å². The summed E-state index contributed by atoms with van der Waals surface area (Å²) in [4.78, 5) is 16.2. The Morgan fingerprint density at radius 3 is 2.12 bits per heavy atom. The number of hydrogen-bond acceptors (Lipinski definition) is 4. The molecule has 0 bridgehead atoms. The van der Waals surface area contributed by atoms with Crippen molar-refractivity contribution in [1.82, 2.24) is 4.90 Å². The Bertz CT molecular complexity index is 715. The van der Waals surface area contributed by atoms with Gasteiger partial charge >= 0.3 is 5.97 Å². The highest BCUT2D eigenvalue weighted by atomic mass is 35.5. The number of likely N-dealkylation sites (tertiary alicyclic amines) is 1. The monoisotopic (exact) mass is 411 g/mol. The molecule has 26 heavy (non-hydrogen) atoms. The molecule has 2 aromatic rings. The van der Waals surface area contributed by atoms with Crippen molar-refractivity contribution in [3.63, 3.8) is 0 Å². The second-order valence-corrected chi connectivity index (χ2v) is 8.56. The molecule has 0 aliphatic carbocycles. The van der Waals surface area contributed by atoms with Crippen LogP contribution in [-0.4, -0.2) is 35.6 Å². The van der Waals surface area contributed by atoms with Crippen molar-refractivity contribution in [3.8, 4) is 0 Å². The molecule has 3 nitrogen and oxygen atoms in total. The Kier molecular flexibility index (Phi) is 7.89. The van der Waals surface area contributed by atoms with Crippen LogP contribution in [0.15, 0.2) is 29.0 Å². The number of nitrogens with zero attached hydrogens (tertiary/aromatic N) is 1. The third-order valence-electron chi connectivity index (χ3n) is 4.94. The molecule has 1 fully saturated rings. The Labute approximate surface area is 169 Å². The summed E-state index contributed by atoms with van der Waals surface area (Å²) in [5.41, 5.74) is 4.04. The van der Waals surface area contributed by atoms with Gasteiger partial charge in [0.25, 0.3) is 0 Å². The molecule has 1 aliphatic heterocycles. The Balaban J connectivity index is 0.00000243. The molecule has 6 heteroatoms. The van der Waals surface area contributed by atoms with Gasteiger partial charge in [-0.05, 0) is 80.2 Å². The number of carboxylic acids is 1. The van der Waals surface area contributed by atoms with Crippen molar-refractivity contribution in [1.29, 1.82) is 0 Å². The first kappa shape index (κ1) is 21.2. The van der Waals surface area contributed by atoms with Crippen LogP contribution in [0.25, 0.3) is 5.57 Å². The Morgan fingerprint density at radius 2 is 1.69 bits per heavy atom. The van der Waals surface area contributed by atoms with Crippen molar-refractivity contribution in [3.05, 3.63) is 49.9 Å². The lowest BCUT2D eigenvalue weighted by Crippen LogP contribution is -2.36. The van der Waals surface area contributed by atoms with E-state index in [4.69, 9.17) is 5.11 Å². The molecular weight excluding hydrogens is 386 g/mol. The predicted octanol–water partition coefficient (Wildman–Crippen LogP) is 5.47. The van der Waals surface area contributed by atoms with Gasteiger partial charge in [0.1, 0.15) is 0 Å². The van der Waals surface area contributed by atoms with E-state index in [9.17, 15) is 4.79 Å². The summed E-state index contributed by atoms with van der Waals surface area (Å²) in [6.07, 6.45) is 4.93. The number of carbonyl (C=O) groups is 1. The maximum Gasteiger partial charge on any atom is 0.306 e. The van der Waals surface area contributed by atoms with E-state index in [0.29, 0.717) is 0 Å². The van der Waals surface area contributed by atoms with E-state index in [0.717, 1.165) is 38.9 Å². The average Bonchev–Trinajstić information content (AvgIpc) is 3.21. The first-order chi connectivity index (χ1) is 12.1. The summed E-state index contributed by atoms with van der Waals surface area (Å²) < 4.78 is 0. The number of halogens is 1. The normalized spacial score (nSPS) is 15.5. The first-order valence-corrected chi connectivity index (χ1v) is 10.6. The topological polar surface area (TPSA) is 40.5 Å². The van der Waals surface area contributed by atoms with Crippen LogP contribution >= 0.6 is 35.1 Å². The summed E-state index contributed by atoms with van der Waals surface area (Å²) >= 11 is 3.63. The summed E-state index contributed by atoms with van der Waals surface area (Å²) in [5.74, 6) is -0.784. The van der Waals surface area contributed by atoms with Crippen LogP contribution in [0.1, 0.15) is 40.1 Å². The van der Waals surface area contributed by atoms with Gasteiger partial charge in [0.05, 0.1) is 5.92 Å². The minimum atomic E-state index is -0.636. The zero-order valence-corrected chi connectivity index (χ0v) is 17.7. The van der Waals surface area contributed by atoms with Gasteiger partial charge in [0.15, 0.2) is 0 Å². The molecule has 3 rings (SSSR count). The van der Waals surface area contributed by atoms with Gasteiger partial charge in [0.2, 0.25) is 0 Å². The molecule has 0 saturated carbocycles. The number of aliphatic carboxylic acids is 1. The molecule has 0 amide bonds. The Morgan fingerprint density at radius 1 is 1.15 bits per heavy atom. The highest BCUT2D eigenvalue weighted by molar-refractivity contribution is 7.14. The molecule has 1 N–H and O–H groups in total. The van der Waals surface area contributed by atoms with Gasteiger partial charge in [0, 0.05) is 21.9 Å². The summed E-state index contributed by atoms with van der Waals surface area (Å²) in [6, 6.07) is 4.38. The molecule has 0 unspecified atom stereocenters. The average molecular weight is 412 g/mol. The zero-order valence-electron chi connectivity index (χ0n) is 15.2. The van der Waals surface area contributed by atoms with Crippen LogP contribution in [0.2, 0.25) is 0 Å². The first-order valence-electron chi connectivity index (χ1n) is 8.80. The maximum atomic E-state index is 11.1. The summed E-state index contributed by atoms with van der Waals surface area (Å²) in [5, 5.41) is 13.4. The molecule has 142 valence electrons. The van der Waals surface area contributed by atoms with E-state index >= 15 is 0 Å². The maximum absolute atomic E-state index is 11.1. The van der Waals surface area contributed by atoms with Crippen LogP contribution in [0.3, 0.4) is 0 Å². The standard InChI is InChI=1S/C20H25NO2S2.ClH/c1-14-7-12-24-18(14)17(19-15(2)8-13-25-19)4-3-9-21-10-5-16(6-11-21)20(22)23;/h4,7-8,12-13,16H,3,5-6,9-11H2,1-2H3,(H,22,23);1H. The fourth-order valence-electron chi connectivity index (χ4n) is 3.38. The van der Waals surface area contributed by atoms with E-state index in [1.807, 2.05) is 22.7 Å². The number of hydrogen-bond donors (Lipinski definition) is 1. The highest BCUT2D eigenvalue weighted by Gasteiger charge is 2.24. The lowest BCUT2D eigenvalue weighted by molar-refractivity contribution is -0.143. The second-order valence-electron chi connectivity index (χ2n) is 6.73. The predicted molar refractivity (Wildman–Crippen MR) is 114 cm³/mol. The highest BCUT2D eigenvalue weighted by Crippen LogP contribution is 2.35. The van der Waals surface area contributed by atoms with Gasteiger partial charge in [-0.25, -0.2) is 0 Å². The number of aryl methyl sites for hydroxylation is 2. The third-order valence-corrected chi connectivity index (χ3v) is 7.04. The molecule has 0 radical (unpaired) electrons. The minimum absolute atomic E-state index is 0. The van der Waals surface area contributed by atoms with Crippen LogP contribution in [0.4, 0.5) is 0 Å². The molecule has 1 aliphatic rings. The van der Waals surface area contributed by atoms with E-state index < -0.39 is 5.97 Å². The third kappa shape index (κ3) is 4.97. The Hall–Kier alpha value is -1.14. The van der Waals surface area contributed by atoms with Crippen molar-refractivity contribution in [2.24, 2.45) is 5.92 Å². The molecule has 0 atom stereocenters. The quantitative estimate of drug-likeness (QED) is 0.685. The molecule has 3 heterocycles. The van der Waals surface area contributed by atoms with Gasteiger partial charge in [-0.2, -0.15) is 0 Å². The number of piperidine rings is 1. The van der Waals surface area contributed by atoms with Crippen molar-refractivity contribution >= 4 is 46.6 Å². The smallest absolute Gasteiger partial charge is 0.306 e. The zero-order chi connectivity index (χ0) is 17.8. The molecule has 0 spiro atoms. The molecule has 1 saturated heterocycles. The number of carboxylic acid groups (broad SMARTS) is 1. The minimum Gasteiger partial charge on any atom is -0.481 e. The lowest BCUT2D eigenvalue weighted by atomic mass is 9.97. The fraction of sp³-hybridized carbons (Fsp3) is 0.450. The molecule has 0 aromatic carbocycles. The van der Waals surface area contributed by atoms with Crippen LogP contribution in [-0.2, 0) is 4.79 Å². The lowest BCUT2D eigenvalue weighted by Gasteiger charge is -2.29. The molecular formula is C20H26ClNO2S2. The van der Waals surface area contributed by atoms with E-state index in [2.05, 4.69) is 47.7 Å². The number of thiophene rings is 2. The van der Waals surface area contributed by atoms with Crippen LogP contribution in [0, 0.1) is 19.8 Å². The summed E-state index contributed by atoms with van der Waals surface area (Å²) in [6.45, 7) is 7.16. The fourth-order valence-corrected chi connectivity index (χ4v) is 5.39. The van der Waals surface area contributed by atoms with E-state index in [1.54, 1.807) is 0 Å². The van der Waals surface area contributed by atoms with Crippen LogP contribution < -0.4 is 0 Å². The van der Waals surface area contributed by atoms with Gasteiger partial charge in [-0.3, -0.25) is 4.79 Å². The largest absolute Gasteiger partial charge is 0.481 e. The van der Waals surface area contributed by atoms with Crippen molar-refractivity contribution in [2.75, 3.05) is 19.6 Å². The molecule has 2 aromatic heterocycles. The van der Waals surface area contributed by atoms with Gasteiger partial charge in [-0.15, -0.1) is 35.1 Å². The van der Waals surface area contributed by atoms with Crippen molar-refractivity contribution < 1.29 is 9.90 Å².